The number of nitrogens with one attached hydrogen (secondary N) is 2. The van der Waals surface area contributed by atoms with Gasteiger partial charge in [-0.15, -0.1) is 11.3 Å². The van der Waals surface area contributed by atoms with E-state index in [4.69, 9.17) is 4.74 Å². The quantitative estimate of drug-likeness (QED) is 0.510. The molecule has 2 aromatic carbocycles. The highest BCUT2D eigenvalue weighted by molar-refractivity contribution is 7.09. The highest BCUT2D eigenvalue weighted by Gasteiger charge is 2.23. The average molecular weight is 434 g/mol. The monoisotopic (exact) mass is 433 g/mol. The summed E-state index contributed by atoms with van der Waals surface area (Å²) in [4.78, 5) is 28.6. The summed E-state index contributed by atoms with van der Waals surface area (Å²) in [5, 5.41) is 8.73. The van der Waals surface area contributed by atoms with Crippen LogP contribution in [0.5, 0.6) is 5.75 Å². The molecule has 6 nitrogen and oxygen atoms in total. The Kier molecular flexibility index (Phi) is 6.43. The lowest BCUT2D eigenvalue weighted by Gasteiger charge is -2.06. The molecule has 7 heteroatoms. The lowest BCUT2D eigenvalue weighted by atomic mass is 10.2. The lowest BCUT2D eigenvalue weighted by Crippen LogP contribution is -2.25. The Bertz CT molecular complexity index is 1100. The minimum atomic E-state index is -0.251. The third-order valence-corrected chi connectivity index (χ3v) is 5.49. The number of aryl methyl sites for hydroxylation is 1. The summed E-state index contributed by atoms with van der Waals surface area (Å²) in [5.74, 6) is 0.389. The molecular formula is C24H23N3O3S. The van der Waals surface area contributed by atoms with Gasteiger partial charge in [-0.05, 0) is 67.8 Å². The van der Waals surface area contributed by atoms with E-state index in [0.29, 0.717) is 29.6 Å². The first kappa shape index (κ1) is 20.8. The molecule has 0 atom stereocenters. The second-order valence-corrected chi connectivity index (χ2v) is 8.43. The Morgan fingerprint density at radius 3 is 2.71 bits per heavy atom. The summed E-state index contributed by atoms with van der Waals surface area (Å²) < 4.78 is 5.78. The van der Waals surface area contributed by atoms with Gasteiger partial charge < -0.3 is 15.4 Å². The van der Waals surface area contributed by atoms with Crippen molar-refractivity contribution in [3.63, 3.8) is 0 Å². The summed E-state index contributed by atoms with van der Waals surface area (Å²) in [6, 6.07) is 14.7. The van der Waals surface area contributed by atoms with Crippen LogP contribution in [-0.4, -0.2) is 22.8 Å². The van der Waals surface area contributed by atoms with Crippen LogP contribution in [0.15, 0.2) is 60.0 Å². The number of hydrogen-bond donors (Lipinski definition) is 2. The molecule has 0 unspecified atom stereocenters. The van der Waals surface area contributed by atoms with Gasteiger partial charge in [0.2, 0.25) is 5.91 Å². The van der Waals surface area contributed by atoms with Gasteiger partial charge in [0, 0.05) is 28.7 Å². The molecule has 2 amide bonds. The van der Waals surface area contributed by atoms with Crippen molar-refractivity contribution in [2.75, 3.05) is 5.32 Å². The maximum absolute atomic E-state index is 12.2. The van der Waals surface area contributed by atoms with Crippen LogP contribution in [0.25, 0.3) is 6.08 Å². The first-order chi connectivity index (χ1) is 15.0. The summed E-state index contributed by atoms with van der Waals surface area (Å²) in [5.41, 5.74) is 2.98. The summed E-state index contributed by atoms with van der Waals surface area (Å²) in [6.07, 6.45) is 5.29. The smallest absolute Gasteiger partial charge is 0.251 e. The largest absolute Gasteiger partial charge is 0.487 e. The van der Waals surface area contributed by atoms with E-state index in [0.717, 1.165) is 29.1 Å². The van der Waals surface area contributed by atoms with Crippen LogP contribution in [0.4, 0.5) is 5.69 Å². The SMILES string of the molecule is Cc1nc(COc2cccc(/C=C/C(=O)Nc3ccc(C(=O)NC4CC4)cc3)c2)cs1. The zero-order chi connectivity index (χ0) is 21.6. The van der Waals surface area contributed by atoms with Crippen molar-refractivity contribution in [3.8, 4) is 5.75 Å². The number of anilines is 1. The first-order valence-corrected chi connectivity index (χ1v) is 11.0. The molecular weight excluding hydrogens is 410 g/mol. The maximum Gasteiger partial charge on any atom is 0.251 e. The van der Waals surface area contributed by atoms with Crippen LogP contribution >= 0.6 is 11.3 Å². The zero-order valence-corrected chi connectivity index (χ0v) is 17.9. The lowest BCUT2D eigenvalue weighted by molar-refractivity contribution is -0.111. The van der Waals surface area contributed by atoms with Gasteiger partial charge in [0.25, 0.3) is 5.91 Å². The van der Waals surface area contributed by atoms with Gasteiger partial charge in [-0.1, -0.05) is 12.1 Å². The van der Waals surface area contributed by atoms with E-state index in [2.05, 4.69) is 15.6 Å². The Morgan fingerprint density at radius 2 is 2.00 bits per heavy atom. The second kappa shape index (κ2) is 9.57. The fourth-order valence-electron chi connectivity index (χ4n) is 2.90. The molecule has 1 aliphatic rings. The number of hydrogen-bond acceptors (Lipinski definition) is 5. The number of thiazole rings is 1. The van der Waals surface area contributed by atoms with Gasteiger partial charge in [0.1, 0.15) is 12.4 Å². The standard InChI is InChI=1S/C24H23N3O3S/c1-16-25-21(15-31-16)14-30-22-4-2-3-17(13-22)5-12-23(28)26-19-8-6-18(7-9-19)24(29)27-20-10-11-20/h2-9,12-13,15,20H,10-11,14H2,1H3,(H,26,28)(H,27,29)/b12-5+. The van der Waals surface area contributed by atoms with E-state index in [1.54, 1.807) is 41.7 Å². The molecule has 3 aromatic rings. The topological polar surface area (TPSA) is 80.3 Å². The molecule has 1 aromatic heterocycles. The van der Waals surface area contributed by atoms with Gasteiger partial charge in [-0.3, -0.25) is 9.59 Å². The fraction of sp³-hybridized carbons (Fsp3) is 0.208. The first-order valence-electron chi connectivity index (χ1n) is 10.1. The number of nitrogens with zero attached hydrogens (tertiary/aromatic N) is 1. The van der Waals surface area contributed by atoms with Gasteiger partial charge in [-0.2, -0.15) is 0 Å². The van der Waals surface area contributed by atoms with Gasteiger partial charge >= 0.3 is 0 Å². The molecule has 1 saturated carbocycles. The third-order valence-electron chi connectivity index (χ3n) is 4.67. The molecule has 4 rings (SSSR count). The summed E-state index contributed by atoms with van der Waals surface area (Å²) >= 11 is 1.59. The van der Waals surface area contributed by atoms with E-state index in [9.17, 15) is 9.59 Å². The van der Waals surface area contributed by atoms with Gasteiger partial charge in [0.05, 0.1) is 10.7 Å². The molecule has 1 aliphatic carbocycles. The number of carbonyl (C=O) groups is 2. The maximum atomic E-state index is 12.2. The third kappa shape index (κ3) is 6.26. The molecule has 0 bridgehead atoms. The Hall–Kier alpha value is -3.45. The van der Waals surface area contributed by atoms with E-state index in [1.807, 2.05) is 36.6 Å². The average Bonchev–Trinajstić information content (AvgIpc) is 3.49. The Balaban J connectivity index is 1.29. The number of rotatable bonds is 8. The predicted molar refractivity (Wildman–Crippen MR) is 122 cm³/mol. The number of carbonyl (C=O) groups excluding carboxylic acids is 2. The minimum Gasteiger partial charge on any atom is -0.487 e. The van der Waals surface area contributed by atoms with Gasteiger partial charge in [-0.25, -0.2) is 4.98 Å². The Labute approximate surface area is 185 Å². The van der Waals surface area contributed by atoms with Crippen molar-refractivity contribution < 1.29 is 14.3 Å². The molecule has 0 spiro atoms. The van der Waals surface area contributed by atoms with Crippen LogP contribution in [0.1, 0.15) is 39.5 Å². The van der Waals surface area contributed by atoms with Crippen molar-refractivity contribution in [3.05, 3.63) is 81.8 Å². The molecule has 158 valence electrons. The van der Waals surface area contributed by atoms with E-state index < -0.39 is 0 Å². The highest BCUT2D eigenvalue weighted by atomic mass is 32.1. The van der Waals surface area contributed by atoms with E-state index in [-0.39, 0.29) is 11.8 Å². The van der Waals surface area contributed by atoms with Crippen LogP contribution < -0.4 is 15.4 Å². The molecule has 31 heavy (non-hydrogen) atoms. The Morgan fingerprint density at radius 1 is 1.19 bits per heavy atom. The fourth-order valence-corrected chi connectivity index (χ4v) is 3.49. The molecule has 0 radical (unpaired) electrons. The second-order valence-electron chi connectivity index (χ2n) is 7.37. The van der Waals surface area contributed by atoms with Crippen molar-refractivity contribution in [2.45, 2.75) is 32.4 Å². The van der Waals surface area contributed by atoms with Crippen molar-refractivity contribution in [1.82, 2.24) is 10.3 Å². The minimum absolute atomic E-state index is 0.0766. The molecule has 1 heterocycles. The predicted octanol–water partition coefficient (Wildman–Crippen LogP) is 4.57. The van der Waals surface area contributed by atoms with Crippen molar-refractivity contribution in [1.29, 1.82) is 0 Å². The van der Waals surface area contributed by atoms with E-state index >= 15 is 0 Å². The highest BCUT2D eigenvalue weighted by Crippen LogP contribution is 2.20. The number of benzene rings is 2. The summed E-state index contributed by atoms with van der Waals surface area (Å²) in [7, 11) is 0. The van der Waals surface area contributed by atoms with Crippen molar-refractivity contribution in [2.24, 2.45) is 0 Å². The van der Waals surface area contributed by atoms with Crippen LogP contribution in [-0.2, 0) is 11.4 Å². The number of amides is 2. The zero-order valence-electron chi connectivity index (χ0n) is 17.1. The molecule has 1 fully saturated rings. The normalized spacial score (nSPS) is 13.2. The number of ether oxygens (including phenoxy) is 1. The molecule has 2 N–H and O–H groups in total. The summed E-state index contributed by atoms with van der Waals surface area (Å²) in [6.45, 7) is 2.37. The number of aromatic nitrogens is 1. The van der Waals surface area contributed by atoms with E-state index in [1.165, 1.54) is 6.08 Å². The molecule has 0 aliphatic heterocycles. The van der Waals surface area contributed by atoms with Gasteiger partial charge in [0.15, 0.2) is 0 Å². The molecule has 0 saturated heterocycles. The van der Waals surface area contributed by atoms with Crippen LogP contribution in [0.2, 0.25) is 0 Å². The van der Waals surface area contributed by atoms with Crippen molar-refractivity contribution >= 4 is 34.9 Å². The van der Waals surface area contributed by atoms with Crippen LogP contribution in [0, 0.1) is 6.92 Å². The van der Waals surface area contributed by atoms with Crippen LogP contribution in [0.3, 0.4) is 0 Å².